The molecule has 3 heteroatoms. The Labute approximate surface area is 107 Å². The van der Waals surface area contributed by atoms with Gasteiger partial charge in [0.15, 0.2) is 0 Å². The highest BCUT2D eigenvalue weighted by Gasteiger charge is 2.26. The third-order valence-electron chi connectivity index (χ3n) is 3.89. The van der Waals surface area contributed by atoms with Crippen molar-refractivity contribution in [2.24, 2.45) is 0 Å². The van der Waals surface area contributed by atoms with Gasteiger partial charge >= 0.3 is 0 Å². The molecule has 2 N–H and O–H groups in total. The van der Waals surface area contributed by atoms with Crippen LogP contribution in [0, 0.1) is 13.8 Å². The van der Waals surface area contributed by atoms with Gasteiger partial charge in [0.2, 0.25) is 0 Å². The van der Waals surface area contributed by atoms with E-state index >= 15 is 0 Å². The SMILES string of the molecule is Cc1nc(C2CCc3ccccc32)nc(N)c1C. The van der Waals surface area contributed by atoms with Gasteiger partial charge in [-0.2, -0.15) is 0 Å². The largest absolute Gasteiger partial charge is 0.383 e. The molecule has 3 nitrogen and oxygen atoms in total. The highest BCUT2D eigenvalue weighted by atomic mass is 15.0. The zero-order valence-corrected chi connectivity index (χ0v) is 10.8. The summed E-state index contributed by atoms with van der Waals surface area (Å²) in [7, 11) is 0. The Balaban J connectivity index is 2.08. The van der Waals surface area contributed by atoms with Gasteiger partial charge in [0.25, 0.3) is 0 Å². The number of hydrogen-bond donors (Lipinski definition) is 1. The number of nitrogens with two attached hydrogens (primary N) is 1. The average molecular weight is 239 g/mol. The number of aromatic nitrogens is 2. The number of hydrogen-bond acceptors (Lipinski definition) is 3. The van der Waals surface area contributed by atoms with E-state index in [1.807, 2.05) is 13.8 Å². The molecule has 92 valence electrons. The molecule has 0 radical (unpaired) electrons. The van der Waals surface area contributed by atoms with Crippen LogP contribution in [-0.2, 0) is 6.42 Å². The third-order valence-corrected chi connectivity index (χ3v) is 3.89. The van der Waals surface area contributed by atoms with E-state index in [4.69, 9.17) is 5.73 Å². The van der Waals surface area contributed by atoms with Crippen LogP contribution < -0.4 is 5.73 Å². The molecule has 2 aromatic rings. The normalized spacial score (nSPS) is 17.8. The summed E-state index contributed by atoms with van der Waals surface area (Å²) in [6, 6.07) is 8.56. The molecular weight excluding hydrogens is 222 g/mol. The first-order chi connectivity index (χ1) is 8.66. The second-order valence-electron chi connectivity index (χ2n) is 4.97. The minimum Gasteiger partial charge on any atom is -0.383 e. The van der Waals surface area contributed by atoms with Crippen molar-refractivity contribution >= 4 is 5.82 Å². The molecule has 0 amide bonds. The highest BCUT2D eigenvalue weighted by molar-refractivity contribution is 5.44. The summed E-state index contributed by atoms with van der Waals surface area (Å²) in [4.78, 5) is 9.10. The molecule has 0 aliphatic heterocycles. The van der Waals surface area contributed by atoms with Crippen LogP contribution in [0.4, 0.5) is 5.82 Å². The number of nitrogen functional groups attached to an aromatic ring is 1. The Morgan fingerprint density at radius 3 is 2.72 bits per heavy atom. The van der Waals surface area contributed by atoms with Gasteiger partial charge in [-0.3, -0.25) is 0 Å². The Hall–Kier alpha value is -1.90. The van der Waals surface area contributed by atoms with Crippen LogP contribution in [0.15, 0.2) is 24.3 Å². The standard InChI is InChI=1S/C15H17N3/c1-9-10(2)17-15(18-14(9)16)13-8-7-11-5-3-4-6-12(11)13/h3-6,13H,7-8H2,1-2H3,(H2,16,17,18). The molecule has 18 heavy (non-hydrogen) atoms. The number of benzene rings is 1. The lowest BCUT2D eigenvalue weighted by Crippen LogP contribution is -2.09. The molecule has 1 aliphatic rings. The van der Waals surface area contributed by atoms with Gasteiger partial charge in [0.1, 0.15) is 11.6 Å². The topological polar surface area (TPSA) is 51.8 Å². The molecule has 1 aromatic carbocycles. The van der Waals surface area contributed by atoms with Gasteiger partial charge in [-0.1, -0.05) is 24.3 Å². The van der Waals surface area contributed by atoms with Gasteiger partial charge in [-0.15, -0.1) is 0 Å². The van der Waals surface area contributed by atoms with E-state index in [1.54, 1.807) is 0 Å². The summed E-state index contributed by atoms with van der Waals surface area (Å²) in [6.45, 7) is 3.97. The molecule has 1 aromatic heterocycles. The predicted octanol–water partition coefficient (Wildman–Crippen LogP) is 2.75. The lowest BCUT2D eigenvalue weighted by Gasteiger charge is -2.13. The maximum atomic E-state index is 5.96. The van der Waals surface area contributed by atoms with Crippen LogP contribution in [0.5, 0.6) is 0 Å². The number of anilines is 1. The van der Waals surface area contributed by atoms with Crippen molar-refractivity contribution in [2.45, 2.75) is 32.6 Å². The van der Waals surface area contributed by atoms with E-state index in [9.17, 15) is 0 Å². The number of nitrogens with zero attached hydrogens (tertiary/aromatic N) is 2. The average Bonchev–Trinajstić information content (AvgIpc) is 2.79. The van der Waals surface area contributed by atoms with E-state index in [-0.39, 0.29) is 0 Å². The van der Waals surface area contributed by atoms with Crippen molar-refractivity contribution in [1.82, 2.24) is 9.97 Å². The smallest absolute Gasteiger partial charge is 0.138 e. The molecule has 0 saturated carbocycles. The van der Waals surface area contributed by atoms with Crippen molar-refractivity contribution in [3.63, 3.8) is 0 Å². The number of rotatable bonds is 1. The van der Waals surface area contributed by atoms with E-state index in [2.05, 4.69) is 34.2 Å². The van der Waals surface area contributed by atoms with Gasteiger partial charge in [0.05, 0.1) is 0 Å². The Kier molecular flexibility index (Phi) is 2.54. The first kappa shape index (κ1) is 11.2. The fourth-order valence-corrected chi connectivity index (χ4v) is 2.65. The van der Waals surface area contributed by atoms with Crippen LogP contribution in [0.1, 0.15) is 40.5 Å². The van der Waals surface area contributed by atoms with Crippen molar-refractivity contribution < 1.29 is 0 Å². The van der Waals surface area contributed by atoms with Crippen molar-refractivity contribution in [3.8, 4) is 0 Å². The maximum Gasteiger partial charge on any atom is 0.138 e. The molecule has 1 heterocycles. The van der Waals surface area contributed by atoms with Crippen molar-refractivity contribution in [2.75, 3.05) is 5.73 Å². The van der Waals surface area contributed by atoms with Gasteiger partial charge in [-0.05, 0) is 37.8 Å². The second-order valence-corrected chi connectivity index (χ2v) is 4.97. The fourth-order valence-electron chi connectivity index (χ4n) is 2.65. The third kappa shape index (κ3) is 1.67. The lowest BCUT2D eigenvalue weighted by molar-refractivity contribution is 0.723. The number of fused-ring (bicyclic) bond motifs is 1. The predicted molar refractivity (Wildman–Crippen MR) is 72.5 cm³/mol. The van der Waals surface area contributed by atoms with Crippen LogP contribution in [-0.4, -0.2) is 9.97 Å². The maximum absolute atomic E-state index is 5.96. The second kappa shape index (κ2) is 4.09. The Bertz CT molecular complexity index is 581. The molecule has 1 aliphatic carbocycles. The quantitative estimate of drug-likeness (QED) is 0.832. The summed E-state index contributed by atoms with van der Waals surface area (Å²) in [6.07, 6.45) is 2.19. The van der Waals surface area contributed by atoms with Crippen LogP contribution in [0.3, 0.4) is 0 Å². The lowest BCUT2D eigenvalue weighted by atomic mass is 10.0. The molecule has 0 fully saturated rings. The summed E-state index contributed by atoms with van der Waals surface area (Å²) < 4.78 is 0. The minimum absolute atomic E-state index is 0.308. The van der Waals surface area contributed by atoms with E-state index < -0.39 is 0 Å². The first-order valence-electron chi connectivity index (χ1n) is 6.35. The van der Waals surface area contributed by atoms with Crippen molar-refractivity contribution in [1.29, 1.82) is 0 Å². The van der Waals surface area contributed by atoms with Crippen LogP contribution >= 0.6 is 0 Å². The minimum atomic E-state index is 0.308. The van der Waals surface area contributed by atoms with E-state index in [0.717, 1.165) is 29.9 Å². The molecule has 3 rings (SSSR count). The first-order valence-corrected chi connectivity index (χ1v) is 6.35. The Morgan fingerprint density at radius 1 is 1.17 bits per heavy atom. The molecular formula is C15H17N3. The monoisotopic (exact) mass is 239 g/mol. The summed E-state index contributed by atoms with van der Waals surface area (Å²) >= 11 is 0. The van der Waals surface area contributed by atoms with E-state index in [1.165, 1.54) is 11.1 Å². The summed E-state index contributed by atoms with van der Waals surface area (Å²) in [5.74, 6) is 1.80. The molecule has 0 bridgehead atoms. The van der Waals surface area contributed by atoms with E-state index in [0.29, 0.717) is 11.7 Å². The molecule has 0 spiro atoms. The van der Waals surface area contributed by atoms with Crippen molar-refractivity contribution in [3.05, 3.63) is 52.5 Å². The number of aryl methyl sites for hydroxylation is 2. The Morgan fingerprint density at radius 2 is 1.94 bits per heavy atom. The summed E-state index contributed by atoms with van der Waals surface area (Å²) in [5, 5.41) is 0. The molecule has 1 unspecified atom stereocenters. The zero-order valence-electron chi connectivity index (χ0n) is 10.8. The molecule has 1 atom stereocenters. The van der Waals surface area contributed by atoms with Gasteiger partial charge < -0.3 is 5.73 Å². The van der Waals surface area contributed by atoms with Crippen LogP contribution in [0.2, 0.25) is 0 Å². The fraction of sp³-hybridized carbons (Fsp3) is 0.333. The zero-order chi connectivity index (χ0) is 12.7. The highest BCUT2D eigenvalue weighted by Crippen LogP contribution is 2.36. The van der Waals surface area contributed by atoms with Gasteiger partial charge in [-0.25, -0.2) is 9.97 Å². The van der Waals surface area contributed by atoms with Gasteiger partial charge in [0, 0.05) is 17.2 Å². The molecule has 0 saturated heterocycles. The summed E-state index contributed by atoms with van der Waals surface area (Å²) in [5.41, 5.74) is 10.7. The van der Waals surface area contributed by atoms with Crippen LogP contribution in [0.25, 0.3) is 0 Å².